The maximum absolute atomic E-state index is 5.12. The number of ether oxygens (including phenoxy) is 1. The Kier molecular flexibility index (Phi) is 3.81. The van der Waals surface area contributed by atoms with Gasteiger partial charge >= 0.3 is 0 Å². The number of rotatable bonds is 4. The van der Waals surface area contributed by atoms with Crippen LogP contribution in [0.3, 0.4) is 0 Å². The second kappa shape index (κ2) is 5.33. The van der Waals surface area contributed by atoms with Gasteiger partial charge in [-0.1, -0.05) is 6.92 Å². The van der Waals surface area contributed by atoms with Gasteiger partial charge in [0.25, 0.3) is 0 Å². The molecule has 0 N–H and O–H groups in total. The van der Waals surface area contributed by atoms with Crippen LogP contribution in [0.15, 0.2) is 11.4 Å². The summed E-state index contributed by atoms with van der Waals surface area (Å²) in [5, 5.41) is 3.01. The Morgan fingerprint density at radius 3 is 2.59 bits per heavy atom. The van der Waals surface area contributed by atoms with Crippen molar-refractivity contribution in [1.82, 2.24) is 15.0 Å². The van der Waals surface area contributed by atoms with Gasteiger partial charge in [0.2, 0.25) is 0 Å². The highest BCUT2D eigenvalue weighted by molar-refractivity contribution is 7.09. The van der Waals surface area contributed by atoms with Crippen molar-refractivity contribution in [3.8, 4) is 11.5 Å². The molecule has 2 aromatic heterocycles. The SMILES string of the molecule is CCc1cc(COC)nc(-c2csc(C)n2)n1. The zero-order chi connectivity index (χ0) is 12.3. The van der Waals surface area contributed by atoms with E-state index in [0.29, 0.717) is 12.4 Å². The molecule has 5 heteroatoms. The molecule has 2 rings (SSSR count). The Morgan fingerprint density at radius 2 is 2.00 bits per heavy atom. The van der Waals surface area contributed by atoms with Crippen LogP contribution >= 0.6 is 11.3 Å². The fraction of sp³-hybridized carbons (Fsp3) is 0.417. The molecule has 0 aliphatic carbocycles. The third-order valence-electron chi connectivity index (χ3n) is 2.33. The predicted octanol–water partition coefficient (Wildman–Crippen LogP) is 2.62. The van der Waals surface area contributed by atoms with E-state index >= 15 is 0 Å². The van der Waals surface area contributed by atoms with Crippen molar-refractivity contribution in [1.29, 1.82) is 0 Å². The highest BCUT2D eigenvalue weighted by Gasteiger charge is 2.08. The number of hydrogen-bond donors (Lipinski definition) is 0. The highest BCUT2D eigenvalue weighted by atomic mass is 32.1. The molecule has 0 aliphatic heterocycles. The van der Waals surface area contributed by atoms with Crippen LogP contribution in [0.4, 0.5) is 0 Å². The lowest BCUT2D eigenvalue weighted by atomic mass is 10.2. The summed E-state index contributed by atoms with van der Waals surface area (Å²) in [6.45, 7) is 4.56. The van der Waals surface area contributed by atoms with Gasteiger partial charge in [-0.05, 0) is 19.4 Å². The molecule has 0 bridgehead atoms. The van der Waals surface area contributed by atoms with E-state index in [4.69, 9.17) is 4.74 Å². The molecule has 0 fully saturated rings. The summed E-state index contributed by atoms with van der Waals surface area (Å²) in [5.74, 6) is 0.695. The van der Waals surface area contributed by atoms with Crippen LogP contribution in [0.1, 0.15) is 23.3 Å². The van der Waals surface area contributed by atoms with E-state index in [-0.39, 0.29) is 0 Å². The molecule has 2 aromatic rings. The minimum Gasteiger partial charge on any atom is -0.378 e. The van der Waals surface area contributed by atoms with E-state index in [9.17, 15) is 0 Å². The van der Waals surface area contributed by atoms with Crippen molar-refractivity contribution in [3.63, 3.8) is 0 Å². The molecule has 0 saturated carbocycles. The van der Waals surface area contributed by atoms with Crippen molar-refractivity contribution >= 4 is 11.3 Å². The molecule has 0 atom stereocenters. The molecular formula is C12H15N3OS. The Labute approximate surface area is 105 Å². The third kappa shape index (κ3) is 2.87. The maximum atomic E-state index is 5.12. The molecule has 0 spiro atoms. The fourth-order valence-corrected chi connectivity index (χ4v) is 2.13. The lowest BCUT2D eigenvalue weighted by molar-refractivity contribution is 0.181. The molecule has 0 aliphatic rings. The Bertz CT molecular complexity index is 510. The molecular weight excluding hydrogens is 234 g/mol. The molecule has 0 aromatic carbocycles. The van der Waals surface area contributed by atoms with Gasteiger partial charge in [-0.25, -0.2) is 15.0 Å². The van der Waals surface area contributed by atoms with Crippen molar-refractivity contribution in [2.75, 3.05) is 7.11 Å². The first-order valence-electron chi connectivity index (χ1n) is 5.51. The van der Waals surface area contributed by atoms with E-state index in [1.165, 1.54) is 0 Å². The standard InChI is InChI=1S/C12H15N3OS/c1-4-9-5-10(6-16-3)15-12(14-9)11-7-17-8(2)13-11/h5,7H,4,6H2,1-3H3. The Hall–Kier alpha value is -1.33. The van der Waals surface area contributed by atoms with Crippen molar-refractivity contribution in [2.45, 2.75) is 26.9 Å². The van der Waals surface area contributed by atoms with Crippen molar-refractivity contribution in [3.05, 3.63) is 27.8 Å². The smallest absolute Gasteiger partial charge is 0.179 e. The lowest BCUT2D eigenvalue weighted by Gasteiger charge is -2.04. The quantitative estimate of drug-likeness (QED) is 0.835. The molecule has 2 heterocycles. The van der Waals surface area contributed by atoms with Gasteiger partial charge < -0.3 is 4.74 Å². The summed E-state index contributed by atoms with van der Waals surface area (Å²) in [4.78, 5) is 13.4. The molecule has 0 unspecified atom stereocenters. The second-order valence-electron chi connectivity index (χ2n) is 3.71. The number of aromatic nitrogens is 3. The molecule has 90 valence electrons. The highest BCUT2D eigenvalue weighted by Crippen LogP contribution is 2.19. The summed E-state index contributed by atoms with van der Waals surface area (Å²) in [6.07, 6.45) is 0.884. The average Bonchev–Trinajstić information content (AvgIpc) is 2.76. The number of hydrogen-bond acceptors (Lipinski definition) is 5. The van der Waals surface area contributed by atoms with E-state index in [1.807, 2.05) is 18.4 Å². The van der Waals surface area contributed by atoms with Gasteiger partial charge in [-0.15, -0.1) is 11.3 Å². The molecule has 0 amide bonds. The zero-order valence-corrected chi connectivity index (χ0v) is 11.0. The van der Waals surface area contributed by atoms with Crippen molar-refractivity contribution in [2.24, 2.45) is 0 Å². The average molecular weight is 249 g/mol. The van der Waals surface area contributed by atoms with Crippen LogP contribution in [-0.4, -0.2) is 22.1 Å². The molecule has 4 nitrogen and oxygen atoms in total. The Morgan fingerprint density at radius 1 is 1.24 bits per heavy atom. The molecule has 0 radical (unpaired) electrons. The number of methoxy groups -OCH3 is 1. The van der Waals surface area contributed by atoms with Crippen LogP contribution in [0.2, 0.25) is 0 Å². The van der Waals surface area contributed by atoms with Crippen molar-refractivity contribution < 1.29 is 4.74 Å². The third-order valence-corrected chi connectivity index (χ3v) is 3.11. The monoisotopic (exact) mass is 249 g/mol. The van der Waals surface area contributed by atoms with Gasteiger partial charge in [0.1, 0.15) is 5.69 Å². The summed E-state index contributed by atoms with van der Waals surface area (Å²) in [5.41, 5.74) is 2.77. The lowest BCUT2D eigenvalue weighted by Crippen LogP contribution is -2.01. The summed E-state index contributed by atoms with van der Waals surface area (Å²) in [6, 6.07) is 1.98. The normalized spacial score (nSPS) is 10.8. The minimum absolute atomic E-state index is 0.506. The van der Waals surface area contributed by atoms with E-state index in [2.05, 4.69) is 21.9 Å². The van der Waals surface area contributed by atoms with Gasteiger partial charge in [0.05, 0.1) is 17.3 Å². The first-order chi connectivity index (χ1) is 8.22. The van der Waals surface area contributed by atoms with Gasteiger partial charge in [-0.3, -0.25) is 0 Å². The van der Waals surface area contributed by atoms with Gasteiger partial charge in [0.15, 0.2) is 5.82 Å². The van der Waals surface area contributed by atoms with Gasteiger partial charge in [-0.2, -0.15) is 0 Å². The fourth-order valence-electron chi connectivity index (χ4n) is 1.54. The molecule has 0 saturated heterocycles. The number of thiazole rings is 1. The van der Waals surface area contributed by atoms with Crippen LogP contribution in [0.5, 0.6) is 0 Å². The topological polar surface area (TPSA) is 47.9 Å². The van der Waals surface area contributed by atoms with Crippen LogP contribution in [0.25, 0.3) is 11.5 Å². The first-order valence-corrected chi connectivity index (χ1v) is 6.39. The number of nitrogens with zero attached hydrogens (tertiary/aromatic N) is 3. The molecule has 17 heavy (non-hydrogen) atoms. The van der Waals surface area contributed by atoms with Gasteiger partial charge in [0, 0.05) is 18.2 Å². The van der Waals surface area contributed by atoms with Crippen LogP contribution < -0.4 is 0 Å². The van der Waals surface area contributed by atoms with Crippen LogP contribution in [0, 0.1) is 6.92 Å². The summed E-state index contributed by atoms with van der Waals surface area (Å²) < 4.78 is 5.12. The predicted molar refractivity (Wildman–Crippen MR) is 68.0 cm³/mol. The summed E-state index contributed by atoms with van der Waals surface area (Å²) >= 11 is 1.61. The first kappa shape index (κ1) is 12.1. The van der Waals surface area contributed by atoms with E-state index in [0.717, 1.165) is 28.5 Å². The van der Waals surface area contributed by atoms with E-state index in [1.54, 1.807) is 18.4 Å². The van der Waals surface area contributed by atoms with E-state index < -0.39 is 0 Å². The minimum atomic E-state index is 0.506. The number of aryl methyl sites for hydroxylation is 2. The zero-order valence-electron chi connectivity index (χ0n) is 10.2. The Balaban J connectivity index is 2.42. The van der Waals surface area contributed by atoms with Crippen LogP contribution in [-0.2, 0) is 17.8 Å². The second-order valence-corrected chi connectivity index (χ2v) is 4.77. The summed E-state index contributed by atoms with van der Waals surface area (Å²) in [7, 11) is 1.67. The maximum Gasteiger partial charge on any atom is 0.179 e. The largest absolute Gasteiger partial charge is 0.378 e.